The molecule has 0 saturated carbocycles. The molecule has 0 N–H and O–H groups in total. The summed E-state index contributed by atoms with van der Waals surface area (Å²) in [6.07, 6.45) is -4.11. The molecule has 11 heteroatoms. The zero-order valence-electron chi connectivity index (χ0n) is 11.3. The largest absolute Gasteiger partial charge is 0.438 e. The second-order valence-corrected chi connectivity index (χ2v) is 5.07. The summed E-state index contributed by atoms with van der Waals surface area (Å²) in [4.78, 5) is 24.7. The lowest BCUT2D eigenvalue weighted by molar-refractivity contribution is -0.385. The number of benzene rings is 1. The van der Waals surface area contributed by atoms with Gasteiger partial charge < -0.3 is 4.74 Å². The number of pyridine rings is 1. The zero-order chi connectivity index (χ0) is 18.1. The van der Waals surface area contributed by atoms with Gasteiger partial charge in [-0.3, -0.25) is 14.9 Å². The Hall–Kier alpha value is -2.39. The van der Waals surface area contributed by atoms with Gasteiger partial charge in [-0.15, -0.1) is 0 Å². The van der Waals surface area contributed by atoms with E-state index < -0.39 is 38.2 Å². The SMILES string of the molecule is O=C(Cl)c1cc(Oc2ncc(C(F)(F)F)cc2Cl)ccc1[N+](=O)[O-]. The highest BCUT2D eigenvalue weighted by molar-refractivity contribution is 6.68. The lowest BCUT2D eigenvalue weighted by atomic mass is 10.2. The van der Waals surface area contributed by atoms with E-state index in [1.165, 1.54) is 0 Å². The van der Waals surface area contributed by atoms with Crippen LogP contribution in [0, 0.1) is 10.1 Å². The highest BCUT2D eigenvalue weighted by Gasteiger charge is 2.32. The van der Waals surface area contributed by atoms with E-state index in [9.17, 15) is 28.1 Å². The number of aromatic nitrogens is 1. The lowest BCUT2D eigenvalue weighted by Crippen LogP contribution is -2.06. The van der Waals surface area contributed by atoms with Crippen LogP contribution in [0.25, 0.3) is 0 Å². The molecule has 0 saturated heterocycles. The smallest absolute Gasteiger partial charge is 0.417 e. The van der Waals surface area contributed by atoms with Crippen molar-refractivity contribution in [3.63, 3.8) is 0 Å². The van der Waals surface area contributed by atoms with Gasteiger partial charge >= 0.3 is 6.18 Å². The van der Waals surface area contributed by atoms with Crippen molar-refractivity contribution in [3.05, 3.63) is 56.7 Å². The summed E-state index contributed by atoms with van der Waals surface area (Å²) in [6.45, 7) is 0. The molecule has 24 heavy (non-hydrogen) atoms. The number of halogens is 5. The maximum Gasteiger partial charge on any atom is 0.417 e. The number of alkyl halides is 3. The summed E-state index contributed by atoms with van der Waals surface area (Å²) in [5, 5.41) is 9.27. The average Bonchev–Trinajstić information content (AvgIpc) is 2.47. The van der Waals surface area contributed by atoms with Crippen molar-refractivity contribution >= 4 is 34.1 Å². The Morgan fingerprint density at radius 2 is 1.96 bits per heavy atom. The maximum absolute atomic E-state index is 12.5. The van der Waals surface area contributed by atoms with E-state index in [2.05, 4.69) is 4.98 Å². The van der Waals surface area contributed by atoms with E-state index in [0.717, 1.165) is 18.2 Å². The van der Waals surface area contributed by atoms with Crippen molar-refractivity contribution in [2.75, 3.05) is 0 Å². The van der Waals surface area contributed by atoms with Crippen LogP contribution in [-0.4, -0.2) is 15.1 Å². The summed E-state index contributed by atoms with van der Waals surface area (Å²) >= 11 is 10.9. The highest BCUT2D eigenvalue weighted by Crippen LogP contribution is 2.35. The van der Waals surface area contributed by atoms with E-state index in [0.29, 0.717) is 12.3 Å². The first-order valence-corrected chi connectivity index (χ1v) is 6.74. The zero-order valence-corrected chi connectivity index (χ0v) is 12.8. The predicted molar refractivity (Wildman–Crippen MR) is 77.6 cm³/mol. The average molecular weight is 381 g/mol. The number of nitrogens with zero attached hydrogens (tertiary/aromatic N) is 2. The molecule has 0 spiro atoms. The molecule has 0 aliphatic carbocycles. The number of carbonyl (C=O) groups excluding carboxylic acids is 1. The summed E-state index contributed by atoms with van der Waals surface area (Å²) < 4.78 is 42.8. The molecule has 6 nitrogen and oxygen atoms in total. The first-order chi connectivity index (χ1) is 11.1. The quantitative estimate of drug-likeness (QED) is 0.430. The topological polar surface area (TPSA) is 82.3 Å². The number of rotatable bonds is 4. The minimum Gasteiger partial charge on any atom is -0.438 e. The van der Waals surface area contributed by atoms with Gasteiger partial charge in [0.25, 0.3) is 10.9 Å². The molecule has 2 aromatic rings. The molecule has 1 aromatic carbocycles. The van der Waals surface area contributed by atoms with Crippen molar-refractivity contribution < 1.29 is 27.6 Å². The first kappa shape index (κ1) is 18.0. The van der Waals surface area contributed by atoms with Crippen molar-refractivity contribution in [2.45, 2.75) is 6.18 Å². The van der Waals surface area contributed by atoms with Crippen molar-refractivity contribution in [1.29, 1.82) is 0 Å². The van der Waals surface area contributed by atoms with E-state index in [-0.39, 0.29) is 11.6 Å². The molecule has 0 fully saturated rings. The molecule has 0 atom stereocenters. The van der Waals surface area contributed by atoms with Gasteiger partial charge in [-0.2, -0.15) is 13.2 Å². The number of nitro benzene ring substituents is 1. The fourth-order valence-corrected chi connectivity index (χ4v) is 2.02. The normalized spacial score (nSPS) is 11.2. The van der Waals surface area contributed by atoms with Crippen LogP contribution in [0.1, 0.15) is 15.9 Å². The van der Waals surface area contributed by atoms with Crippen LogP contribution in [0.2, 0.25) is 5.02 Å². The van der Waals surface area contributed by atoms with E-state index in [1.807, 2.05) is 0 Å². The second kappa shape index (κ2) is 6.62. The summed E-state index contributed by atoms with van der Waals surface area (Å²) in [7, 11) is 0. The Bertz CT molecular complexity index is 827. The minimum atomic E-state index is -4.62. The van der Waals surface area contributed by atoms with E-state index >= 15 is 0 Å². The molecule has 0 aliphatic heterocycles. The molecule has 126 valence electrons. The molecular weight excluding hydrogens is 376 g/mol. The van der Waals surface area contributed by atoms with Gasteiger partial charge in [0.15, 0.2) is 0 Å². The molecule has 0 unspecified atom stereocenters. The minimum absolute atomic E-state index is 0.112. The molecule has 1 heterocycles. The highest BCUT2D eigenvalue weighted by atomic mass is 35.5. The first-order valence-electron chi connectivity index (χ1n) is 5.98. The van der Waals surface area contributed by atoms with E-state index in [1.54, 1.807) is 0 Å². The number of hydrogen-bond donors (Lipinski definition) is 0. The standard InChI is InChI=1S/C13H5Cl2F3N2O4/c14-9-3-6(13(16,17)18)5-19-12(9)24-7-1-2-10(20(22)23)8(4-7)11(15)21/h1-5H. The Kier molecular flexibility index (Phi) is 4.95. The number of hydrogen-bond acceptors (Lipinski definition) is 5. The van der Waals surface area contributed by atoms with Crippen LogP contribution >= 0.6 is 23.2 Å². The summed E-state index contributed by atoms with van der Waals surface area (Å²) in [6, 6.07) is 3.66. The van der Waals surface area contributed by atoms with Crippen LogP contribution < -0.4 is 4.74 Å². The fourth-order valence-electron chi connectivity index (χ4n) is 1.66. The molecule has 0 aliphatic rings. The molecular formula is C13H5Cl2F3N2O4. The second-order valence-electron chi connectivity index (χ2n) is 4.32. The Labute approximate surface area is 141 Å². The maximum atomic E-state index is 12.5. The Morgan fingerprint density at radius 3 is 2.46 bits per heavy atom. The molecule has 2 rings (SSSR count). The third kappa shape index (κ3) is 3.92. The van der Waals surface area contributed by atoms with Gasteiger partial charge in [-0.25, -0.2) is 4.98 Å². The third-order valence-electron chi connectivity index (χ3n) is 2.73. The Morgan fingerprint density at radius 1 is 1.29 bits per heavy atom. The van der Waals surface area contributed by atoms with Crippen LogP contribution in [0.4, 0.5) is 18.9 Å². The van der Waals surface area contributed by atoms with Gasteiger partial charge in [0, 0.05) is 12.3 Å². The van der Waals surface area contributed by atoms with Crippen LogP contribution in [-0.2, 0) is 6.18 Å². The predicted octanol–water partition coefficient (Wildman–Crippen LogP) is 4.83. The van der Waals surface area contributed by atoms with Gasteiger partial charge in [0.05, 0.1) is 10.5 Å². The summed E-state index contributed by atoms with van der Waals surface area (Å²) in [5.74, 6) is -0.481. The van der Waals surface area contributed by atoms with Crippen molar-refractivity contribution in [2.24, 2.45) is 0 Å². The molecule has 0 bridgehead atoms. The van der Waals surface area contributed by atoms with Crippen molar-refractivity contribution in [1.82, 2.24) is 4.98 Å². The molecule has 0 radical (unpaired) electrons. The molecule has 1 aromatic heterocycles. The summed E-state index contributed by atoms with van der Waals surface area (Å²) in [5.41, 5.74) is -2.06. The lowest BCUT2D eigenvalue weighted by Gasteiger charge is -2.10. The van der Waals surface area contributed by atoms with Gasteiger partial charge in [0.2, 0.25) is 5.88 Å². The number of nitro groups is 1. The molecule has 0 amide bonds. The van der Waals surface area contributed by atoms with Crippen LogP contribution in [0.15, 0.2) is 30.5 Å². The monoisotopic (exact) mass is 380 g/mol. The van der Waals surface area contributed by atoms with Crippen LogP contribution in [0.3, 0.4) is 0 Å². The van der Waals surface area contributed by atoms with Gasteiger partial charge in [-0.05, 0) is 29.8 Å². The van der Waals surface area contributed by atoms with Crippen molar-refractivity contribution in [3.8, 4) is 11.6 Å². The Balaban J connectivity index is 2.37. The van der Waals surface area contributed by atoms with Gasteiger partial charge in [0.1, 0.15) is 16.3 Å². The number of carbonyl (C=O) groups is 1. The van der Waals surface area contributed by atoms with Gasteiger partial charge in [-0.1, -0.05) is 11.6 Å². The third-order valence-corrected chi connectivity index (χ3v) is 3.20. The number of ether oxygens (including phenoxy) is 1. The fraction of sp³-hybridized carbons (Fsp3) is 0.0769. The van der Waals surface area contributed by atoms with E-state index in [4.69, 9.17) is 27.9 Å². The van der Waals surface area contributed by atoms with Crippen LogP contribution in [0.5, 0.6) is 11.6 Å².